The number of hydrogen-bond acceptors (Lipinski definition) is 6. The lowest BCUT2D eigenvalue weighted by atomic mass is 9.97. The maximum Gasteiger partial charge on any atom is 0.313 e. The SMILES string of the molecule is CCOC(=O)CC(=O)Cn1cnc2sc3c(c2c1=O)CCCC3. The molecule has 0 amide bonds. The number of esters is 1. The van der Waals surface area contributed by atoms with Gasteiger partial charge in [0.25, 0.3) is 5.56 Å². The van der Waals surface area contributed by atoms with Crippen molar-refractivity contribution < 1.29 is 14.3 Å². The second-order valence-electron chi connectivity index (χ2n) is 5.59. The van der Waals surface area contributed by atoms with Crippen LogP contribution in [0.3, 0.4) is 0 Å². The minimum Gasteiger partial charge on any atom is -0.466 e. The zero-order chi connectivity index (χ0) is 16.4. The summed E-state index contributed by atoms with van der Waals surface area (Å²) in [6, 6.07) is 0. The predicted molar refractivity (Wildman–Crippen MR) is 86.8 cm³/mol. The molecular formula is C16H18N2O4S. The van der Waals surface area contributed by atoms with Crippen molar-refractivity contribution in [2.45, 2.75) is 45.6 Å². The zero-order valence-corrected chi connectivity index (χ0v) is 13.8. The van der Waals surface area contributed by atoms with Gasteiger partial charge in [0.1, 0.15) is 11.3 Å². The molecule has 2 aromatic heterocycles. The first kappa shape index (κ1) is 15.9. The normalized spacial score (nSPS) is 13.8. The van der Waals surface area contributed by atoms with Crippen LogP contribution in [0.25, 0.3) is 10.2 Å². The number of fused-ring (bicyclic) bond motifs is 3. The number of carbonyl (C=O) groups is 2. The molecule has 0 N–H and O–H groups in total. The van der Waals surface area contributed by atoms with Crippen LogP contribution in [0.2, 0.25) is 0 Å². The molecule has 0 fully saturated rings. The van der Waals surface area contributed by atoms with Gasteiger partial charge in [-0.15, -0.1) is 11.3 Å². The van der Waals surface area contributed by atoms with Crippen LogP contribution >= 0.6 is 11.3 Å². The smallest absolute Gasteiger partial charge is 0.313 e. The van der Waals surface area contributed by atoms with E-state index >= 15 is 0 Å². The summed E-state index contributed by atoms with van der Waals surface area (Å²) in [5.74, 6) is -0.914. The summed E-state index contributed by atoms with van der Waals surface area (Å²) in [6.45, 7) is 1.77. The summed E-state index contributed by atoms with van der Waals surface area (Å²) in [5.41, 5.74) is 0.910. The third-order valence-corrected chi connectivity index (χ3v) is 5.14. The fourth-order valence-corrected chi connectivity index (χ4v) is 4.13. The van der Waals surface area contributed by atoms with Gasteiger partial charge in [0.2, 0.25) is 0 Å². The number of aryl methyl sites for hydroxylation is 2. The molecule has 2 heterocycles. The van der Waals surface area contributed by atoms with Crippen molar-refractivity contribution in [2.24, 2.45) is 0 Å². The molecular weight excluding hydrogens is 316 g/mol. The summed E-state index contributed by atoms with van der Waals surface area (Å²) in [4.78, 5) is 42.3. The van der Waals surface area contributed by atoms with Crippen LogP contribution < -0.4 is 5.56 Å². The van der Waals surface area contributed by atoms with Crippen LogP contribution in [0.1, 0.15) is 36.6 Å². The number of nitrogens with zero attached hydrogens (tertiary/aromatic N) is 2. The average molecular weight is 334 g/mol. The molecule has 0 bridgehead atoms. The van der Waals surface area contributed by atoms with E-state index in [1.54, 1.807) is 18.3 Å². The second-order valence-corrected chi connectivity index (χ2v) is 6.67. The molecule has 1 aliphatic rings. The van der Waals surface area contributed by atoms with Gasteiger partial charge in [-0.3, -0.25) is 19.0 Å². The minimum atomic E-state index is -0.563. The monoisotopic (exact) mass is 334 g/mol. The third-order valence-electron chi connectivity index (χ3n) is 3.94. The molecule has 122 valence electrons. The number of ether oxygens (including phenoxy) is 1. The van der Waals surface area contributed by atoms with Crippen LogP contribution in [0.4, 0.5) is 0 Å². The van der Waals surface area contributed by atoms with E-state index in [2.05, 4.69) is 4.98 Å². The number of rotatable bonds is 5. The summed E-state index contributed by atoms with van der Waals surface area (Å²) >= 11 is 1.58. The molecule has 1 aliphatic carbocycles. The van der Waals surface area contributed by atoms with Crippen LogP contribution in [-0.2, 0) is 33.7 Å². The van der Waals surface area contributed by atoms with Gasteiger partial charge >= 0.3 is 5.97 Å². The number of aromatic nitrogens is 2. The van der Waals surface area contributed by atoms with Crippen molar-refractivity contribution in [1.82, 2.24) is 9.55 Å². The van der Waals surface area contributed by atoms with Gasteiger partial charge in [-0.1, -0.05) is 0 Å². The maximum absolute atomic E-state index is 12.7. The highest BCUT2D eigenvalue weighted by molar-refractivity contribution is 7.18. The van der Waals surface area contributed by atoms with E-state index in [9.17, 15) is 14.4 Å². The van der Waals surface area contributed by atoms with E-state index in [0.717, 1.165) is 36.1 Å². The lowest BCUT2D eigenvalue weighted by Crippen LogP contribution is -2.26. The molecule has 7 heteroatoms. The van der Waals surface area contributed by atoms with Gasteiger partial charge in [0.05, 0.1) is 24.9 Å². The Hall–Kier alpha value is -2.02. The molecule has 6 nitrogen and oxygen atoms in total. The predicted octanol–water partition coefficient (Wildman–Crippen LogP) is 1.86. The number of thiophene rings is 1. The highest BCUT2D eigenvalue weighted by Gasteiger charge is 2.20. The molecule has 2 aromatic rings. The lowest BCUT2D eigenvalue weighted by molar-refractivity contribution is -0.145. The van der Waals surface area contributed by atoms with Crippen molar-refractivity contribution in [1.29, 1.82) is 0 Å². The van der Waals surface area contributed by atoms with Crippen molar-refractivity contribution in [3.63, 3.8) is 0 Å². The highest BCUT2D eigenvalue weighted by Crippen LogP contribution is 2.33. The standard InChI is InChI=1S/C16H18N2O4S/c1-2-22-13(20)7-10(19)8-18-9-17-15-14(16(18)21)11-5-3-4-6-12(11)23-15/h9H,2-8H2,1H3. The number of Topliss-reactive ketones (excluding diaryl/α,β-unsaturated/α-hetero) is 1. The first-order valence-corrected chi connectivity index (χ1v) is 8.58. The van der Waals surface area contributed by atoms with E-state index in [1.807, 2.05) is 0 Å². The molecule has 23 heavy (non-hydrogen) atoms. The van der Waals surface area contributed by atoms with Gasteiger partial charge < -0.3 is 4.74 Å². The Morgan fingerprint density at radius 1 is 1.35 bits per heavy atom. The van der Waals surface area contributed by atoms with E-state index < -0.39 is 5.97 Å². The fourth-order valence-electron chi connectivity index (χ4n) is 2.91. The summed E-state index contributed by atoms with van der Waals surface area (Å²) in [6.07, 6.45) is 5.20. The third kappa shape index (κ3) is 3.19. The highest BCUT2D eigenvalue weighted by atomic mass is 32.1. The van der Waals surface area contributed by atoms with Gasteiger partial charge in [-0.2, -0.15) is 0 Å². The van der Waals surface area contributed by atoms with Crippen LogP contribution in [-0.4, -0.2) is 27.9 Å². The van der Waals surface area contributed by atoms with Crippen molar-refractivity contribution >= 4 is 33.3 Å². The Morgan fingerprint density at radius 2 is 2.13 bits per heavy atom. The van der Waals surface area contributed by atoms with Gasteiger partial charge in [0.15, 0.2) is 5.78 Å². The maximum atomic E-state index is 12.7. The number of ketones is 1. The summed E-state index contributed by atoms with van der Waals surface area (Å²) < 4.78 is 6.05. The first-order chi connectivity index (χ1) is 11.1. The molecule has 0 saturated carbocycles. The average Bonchev–Trinajstić information content (AvgIpc) is 2.89. The van der Waals surface area contributed by atoms with E-state index in [0.29, 0.717) is 5.39 Å². The largest absolute Gasteiger partial charge is 0.466 e. The number of hydrogen-bond donors (Lipinski definition) is 0. The summed E-state index contributed by atoms with van der Waals surface area (Å²) in [5, 5.41) is 0.649. The molecule has 0 aliphatic heterocycles. The van der Waals surface area contributed by atoms with Crippen molar-refractivity contribution in [3.05, 3.63) is 27.1 Å². The minimum absolute atomic E-state index is 0.148. The molecule has 0 atom stereocenters. The van der Waals surface area contributed by atoms with E-state index in [-0.39, 0.29) is 30.9 Å². The molecule has 0 unspecified atom stereocenters. The Kier molecular flexibility index (Phi) is 4.56. The second kappa shape index (κ2) is 6.62. The number of carbonyl (C=O) groups excluding carboxylic acids is 2. The van der Waals surface area contributed by atoms with Crippen molar-refractivity contribution in [2.75, 3.05) is 6.61 Å². The van der Waals surface area contributed by atoms with Crippen LogP contribution in [0.5, 0.6) is 0 Å². The fraction of sp³-hybridized carbons (Fsp3) is 0.500. The Balaban J connectivity index is 1.87. The Labute approximate surface area is 137 Å². The van der Waals surface area contributed by atoms with Crippen LogP contribution in [0.15, 0.2) is 11.1 Å². The Morgan fingerprint density at radius 3 is 2.91 bits per heavy atom. The van der Waals surface area contributed by atoms with Gasteiger partial charge in [-0.25, -0.2) is 4.98 Å². The van der Waals surface area contributed by atoms with Gasteiger partial charge in [0, 0.05) is 4.88 Å². The van der Waals surface area contributed by atoms with Gasteiger partial charge in [-0.05, 0) is 38.2 Å². The van der Waals surface area contributed by atoms with Crippen molar-refractivity contribution in [3.8, 4) is 0 Å². The molecule has 0 aromatic carbocycles. The molecule has 0 radical (unpaired) electrons. The molecule has 0 spiro atoms. The topological polar surface area (TPSA) is 78.3 Å². The van der Waals surface area contributed by atoms with E-state index in [1.165, 1.54) is 15.8 Å². The quantitative estimate of drug-likeness (QED) is 0.616. The molecule has 0 saturated heterocycles. The first-order valence-electron chi connectivity index (χ1n) is 7.77. The summed E-state index contributed by atoms with van der Waals surface area (Å²) in [7, 11) is 0. The zero-order valence-electron chi connectivity index (χ0n) is 13.0. The Bertz CT molecular complexity index is 821. The van der Waals surface area contributed by atoms with Crippen LogP contribution in [0, 0.1) is 0 Å². The lowest BCUT2D eigenvalue weighted by Gasteiger charge is -2.10. The molecule has 3 rings (SSSR count). The van der Waals surface area contributed by atoms with E-state index in [4.69, 9.17) is 4.74 Å².